The van der Waals surface area contributed by atoms with E-state index in [1.54, 1.807) is 11.1 Å². The molecule has 1 atom stereocenters. The van der Waals surface area contributed by atoms with E-state index in [4.69, 9.17) is 0 Å². The second kappa shape index (κ2) is 4.05. The van der Waals surface area contributed by atoms with Gasteiger partial charge in [-0.15, -0.1) is 0 Å². The first-order valence-electron chi connectivity index (χ1n) is 6.42. The number of hydrogen-bond donors (Lipinski definition) is 0. The summed E-state index contributed by atoms with van der Waals surface area (Å²) >= 11 is 0. The van der Waals surface area contributed by atoms with Crippen LogP contribution >= 0.6 is 0 Å². The van der Waals surface area contributed by atoms with Crippen LogP contribution in [-0.4, -0.2) is 0 Å². The lowest BCUT2D eigenvalue weighted by atomic mass is 9.66. The van der Waals surface area contributed by atoms with Crippen LogP contribution < -0.4 is 0 Å². The molecule has 0 aliphatic heterocycles. The fraction of sp³-hybridized carbons (Fsp3) is 0.750. The predicted molar refractivity (Wildman–Crippen MR) is 73.5 cm³/mol. The summed E-state index contributed by atoms with van der Waals surface area (Å²) < 4.78 is 0. The van der Waals surface area contributed by atoms with E-state index in [1.807, 2.05) is 0 Å². The molecule has 0 heteroatoms. The van der Waals surface area contributed by atoms with Gasteiger partial charge < -0.3 is 0 Å². The van der Waals surface area contributed by atoms with Gasteiger partial charge in [0.25, 0.3) is 0 Å². The minimum Gasteiger partial charge on any atom is -0.0724 e. The summed E-state index contributed by atoms with van der Waals surface area (Å²) in [4.78, 5) is 0. The maximum absolute atomic E-state index is 2.41. The highest BCUT2D eigenvalue weighted by molar-refractivity contribution is 5.38. The number of rotatable bonds is 0. The van der Waals surface area contributed by atoms with Gasteiger partial charge in [-0.05, 0) is 42.6 Å². The summed E-state index contributed by atoms with van der Waals surface area (Å²) in [6.07, 6.45) is 3.65. The van der Waals surface area contributed by atoms with Crippen molar-refractivity contribution in [3.05, 3.63) is 22.8 Å². The first kappa shape index (κ1) is 13.5. The van der Waals surface area contributed by atoms with Crippen LogP contribution in [-0.2, 0) is 0 Å². The summed E-state index contributed by atoms with van der Waals surface area (Å²) in [6.45, 7) is 18.7. The van der Waals surface area contributed by atoms with E-state index in [0.29, 0.717) is 11.3 Å². The number of allylic oxidation sites excluding steroid dienone is 4. The highest BCUT2D eigenvalue weighted by Gasteiger charge is 2.32. The quantitative estimate of drug-likeness (QED) is 0.515. The Hall–Kier alpha value is -0.520. The highest BCUT2D eigenvalue weighted by Crippen LogP contribution is 2.45. The van der Waals surface area contributed by atoms with E-state index >= 15 is 0 Å². The third-order valence-corrected chi connectivity index (χ3v) is 3.72. The molecule has 1 rings (SSSR count). The van der Waals surface area contributed by atoms with Crippen molar-refractivity contribution in [1.82, 2.24) is 0 Å². The van der Waals surface area contributed by atoms with E-state index in [1.165, 1.54) is 12.0 Å². The van der Waals surface area contributed by atoms with Crippen molar-refractivity contribution in [3.63, 3.8) is 0 Å². The van der Waals surface area contributed by atoms with Crippen LogP contribution in [0.15, 0.2) is 22.8 Å². The van der Waals surface area contributed by atoms with Gasteiger partial charge in [0.15, 0.2) is 0 Å². The third kappa shape index (κ3) is 2.78. The van der Waals surface area contributed by atoms with Crippen molar-refractivity contribution >= 4 is 0 Å². The van der Waals surface area contributed by atoms with Gasteiger partial charge in [0.2, 0.25) is 0 Å². The molecule has 0 aromatic carbocycles. The molecule has 0 radical (unpaired) electrons. The second-order valence-electron chi connectivity index (χ2n) is 7.46. The molecule has 0 spiro atoms. The molecule has 0 heterocycles. The van der Waals surface area contributed by atoms with Gasteiger partial charge in [-0.1, -0.05) is 58.8 Å². The summed E-state index contributed by atoms with van der Waals surface area (Å²) in [5.41, 5.74) is 5.34. The normalized spacial score (nSPS) is 23.5. The summed E-state index contributed by atoms with van der Waals surface area (Å²) in [5.74, 6) is 0.701. The molecule has 1 aliphatic carbocycles. The highest BCUT2D eigenvalue weighted by atomic mass is 14.4. The lowest BCUT2D eigenvalue weighted by Crippen LogP contribution is -2.27. The van der Waals surface area contributed by atoms with Gasteiger partial charge in [-0.25, -0.2) is 0 Å². The second-order valence-corrected chi connectivity index (χ2v) is 7.46. The van der Waals surface area contributed by atoms with E-state index < -0.39 is 0 Å². The van der Waals surface area contributed by atoms with Gasteiger partial charge in [0, 0.05) is 0 Å². The molecule has 0 saturated carbocycles. The van der Waals surface area contributed by atoms with Crippen molar-refractivity contribution < 1.29 is 0 Å². The fourth-order valence-electron chi connectivity index (χ4n) is 2.85. The first-order chi connectivity index (χ1) is 7.03. The maximum atomic E-state index is 2.41. The molecule has 0 aromatic rings. The molecule has 0 bridgehead atoms. The van der Waals surface area contributed by atoms with Crippen molar-refractivity contribution in [3.8, 4) is 0 Å². The third-order valence-electron chi connectivity index (χ3n) is 3.72. The van der Waals surface area contributed by atoms with Gasteiger partial charge in [-0.3, -0.25) is 0 Å². The Kier molecular flexibility index (Phi) is 3.43. The number of hydrogen-bond acceptors (Lipinski definition) is 0. The molecule has 0 aromatic heterocycles. The topological polar surface area (TPSA) is 0 Å². The Bertz CT molecular complexity index is 326. The van der Waals surface area contributed by atoms with Crippen LogP contribution in [0, 0.1) is 16.7 Å². The van der Waals surface area contributed by atoms with E-state index in [2.05, 4.69) is 61.5 Å². The van der Waals surface area contributed by atoms with Crippen LogP contribution in [0.25, 0.3) is 0 Å². The van der Waals surface area contributed by atoms with Crippen molar-refractivity contribution in [2.24, 2.45) is 16.7 Å². The van der Waals surface area contributed by atoms with E-state index in [-0.39, 0.29) is 5.41 Å². The average Bonchev–Trinajstić information content (AvgIpc) is 2.04. The largest absolute Gasteiger partial charge is 0.0724 e. The summed E-state index contributed by atoms with van der Waals surface area (Å²) in [7, 11) is 0. The zero-order valence-corrected chi connectivity index (χ0v) is 12.4. The average molecular weight is 220 g/mol. The molecule has 0 nitrogen and oxygen atoms in total. The van der Waals surface area contributed by atoms with Gasteiger partial charge in [0.05, 0.1) is 0 Å². The van der Waals surface area contributed by atoms with Gasteiger partial charge in [-0.2, -0.15) is 0 Å². The lowest BCUT2D eigenvalue weighted by molar-refractivity contribution is 0.268. The zero-order chi connectivity index (χ0) is 12.7. The van der Waals surface area contributed by atoms with Crippen LogP contribution in [0.1, 0.15) is 61.8 Å². The van der Waals surface area contributed by atoms with Crippen LogP contribution in [0.4, 0.5) is 0 Å². The molecule has 0 saturated heterocycles. The van der Waals surface area contributed by atoms with E-state index in [9.17, 15) is 0 Å². The predicted octanol–water partition coefficient (Wildman–Crippen LogP) is 5.36. The molecule has 0 amide bonds. The molecular weight excluding hydrogens is 192 g/mol. The lowest BCUT2D eigenvalue weighted by Gasteiger charge is -2.39. The Labute approximate surface area is 102 Å². The Morgan fingerprint density at radius 3 is 1.88 bits per heavy atom. The van der Waals surface area contributed by atoms with Crippen LogP contribution in [0.3, 0.4) is 0 Å². The molecule has 0 unspecified atom stereocenters. The molecule has 92 valence electrons. The van der Waals surface area contributed by atoms with Crippen LogP contribution in [0.2, 0.25) is 0 Å². The SMILES string of the molecule is CC1=CC(C(C)(C)C)=C(C)[C@@H](C(C)(C)C)C1. The smallest absolute Gasteiger partial charge is 0.0114 e. The first-order valence-corrected chi connectivity index (χ1v) is 6.42. The molecular formula is C16H28. The minimum absolute atomic E-state index is 0.273. The molecule has 16 heavy (non-hydrogen) atoms. The minimum atomic E-state index is 0.273. The fourth-order valence-corrected chi connectivity index (χ4v) is 2.85. The van der Waals surface area contributed by atoms with Crippen molar-refractivity contribution in [1.29, 1.82) is 0 Å². The van der Waals surface area contributed by atoms with Crippen molar-refractivity contribution in [2.75, 3.05) is 0 Å². The maximum Gasteiger partial charge on any atom is -0.0114 e. The van der Waals surface area contributed by atoms with E-state index in [0.717, 1.165) is 0 Å². The Balaban J connectivity index is 3.23. The molecule has 0 N–H and O–H groups in total. The molecule has 0 fully saturated rings. The standard InChI is InChI=1S/C16H28/c1-11-9-13(15(3,4)5)12(2)14(10-11)16(6,7)8/h9,14H,10H2,1-8H3/t14-/m0/s1. The van der Waals surface area contributed by atoms with Gasteiger partial charge in [0.1, 0.15) is 0 Å². The molecule has 1 aliphatic rings. The Morgan fingerprint density at radius 1 is 1.00 bits per heavy atom. The van der Waals surface area contributed by atoms with Gasteiger partial charge >= 0.3 is 0 Å². The van der Waals surface area contributed by atoms with Crippen LogP contribution in [0.5, 0.6) is 0 Å². The zero-order valence-electron chi connectivity index (χ0n) is 12.4. The summed E-state index contributed by atoms with van der Waals surface area (Å²) in [6, 6.07) is 0. The monoisotopic (exact) mass is 220 g/mol. The Morgan fingerprint density at radius 2 is 1.50 bits per heavy atom. The summed E-state index contributed by atoms with van der Waals surface area (Å²) in [5, 5.41) is 0. The van der Waals surface area contributed by atoms with Crippen molar-refractivity contribution in [2.45, 2.75) is 61.8 Å².